The molecule has 7 heteroatoms. The average Bonchev–Trinajstić information content (AvgIpc) is 3.11. The highest BCUT2D eigenvalue weighted by molar-refractivity contribution is 6.02. The van der Waals surface area contributed by atoms with Crippen LogP contribution in [0.1, 0.15) is 17.5 Å². The van der Waals surface area contributed by atoms with Crippen molar-refractivity contribution >= 4 is 29.1 Å². The molecule has 1 atom stereocenters. The number of nitrogens with one attached hydrogen (secondary N) is 1. The number of ether oxygens (including phenoxy) is 1. The van der Waals surface area contributed by atoms with Gasteiger partial charge in [0.1, 0.15) is 5.75 Å². The van der Waals surface area contributed by atoms with Crippen LogP contribution >= 0.6 is 0 Å². The number of carbonyl (C=O) groups is 3. The van der Waals surface area contributed by atoms with Crippen molar-refractivity contribution in [3.63, 3.8) is 0 Å². The van der Waals surface area contributed by atoms with Crippen LogP contribution in [0.4, 0.5) is 11.4 Å². The van der Waals surface area contributed by atoms with E-state index in [0.29, 0.717) is 18.0 Å². The number of methoxy groups -OCH3 is 1. The lowest BCUT2D eigenvalue weighted by Gasteiger charge is -2.22. The summed E-state index contributed by atoms with van der Waals surface area (Å²) >= 11 is 0. The summed E-state index contributed by atoms with van der Waals surface area (Å²) in [5.41, 5.74) is 3.60. The summed E-state index contributed by atoms with van der Waals surface area (Å²) < 4.78 is 5.09. The number of rotatable bonds is 6. The van der Waals surface area contributed by atoms with E-state index in [9.17, 15) is 14.4 Å². The number of hydrogen-bond acceptors (Lipinski definition) is 4. The number of anilines is 2. The molecule has 2 aromatic rings. The highest BCUT2D eigenvalue weighted by Crippen LogP contribution is 2.30. The van der Waals surface area contributed by atoms with Crippen molar-refractivity contribution < 1.29 is 19.1 Å². The number of hydrogen-bond donors (Lipinski definition) is 1. The van der Waals surface area contributed by atoms with Gasteiger partial charge in [-0.05, 0) is 55.3 Å². The maximum Gasteiger partial charge on any atom is 0.243 e. The minimum absolute atomic E-state index is 0.0712. The SMILES string of the molecule is COc1ccc(NC(=O)CN(C)C(=O)C2CC(=O)N(c3cccc(C)c3C)C2)cc1. The standard InChI is InChI=1S/C23H27N3O4/c1-15-6-5-7-20(16(15)2)26-13-17(12-22(26)28)23(29)25(3)14-21(27)24-18-8-10-19(30-4)11-9-18/h5-11,17H,12-14H2,1-4H3,(H,24,27). The van der Waals surface area contributed by atoms with E-state index < -0.39 is 5.92 Å². The first kappa shape index (κ1) is 21.4. The fourth-order valence-corrected chi connectivity index (χ4v) is 3.61. The first-order chi connectivity index (χ1) is 14.3. The van der Waals surface area contributed by atoms with Crippen LogP contribution in [0.2, 0.25) is 0 Å². The highest BCUT2D eigenvalue weighted by atomic mass is 16.5. The molecule has 1 heterocycles. The largest absolute Gasteiger partial charge is 0.497 e. The van der Waals surface area contributed by atoms with Crippen molar-refractivity contribution in [3.8, 4) is 5.75 Å². The summed E-state index contributed by atoms with van der Waals surface area (Å²) in [7, 11) is 3.16. The zero-order valence-electron chi connectivity index (χ0n) is 17.8. The Labute approximate surface area is 176 Å². The van der Waals surface area contributed by atoms with Gasteiger partial charge in [0, 0.05) is 31.4 Å². The summed E-state index contributed by atoms with van der Waals surface area (Å²) in [4.78, 5) is 40.8. The quantitative estimate of drug-likeness (QED) is 0.796. The van der Waals surface area contributed by atoms with Gasteiger partial charge in [0.25, 0.3) is 0 Å². The summed E-state index contributed by atoms with van der Waals surface area (Å²) in [5.74, 6) is -0.346. The molecule has 0 saturated carbocycles. The topological polar surface area (TPSA) is 79.0 Å². The Hall–Kier alpha value is -3.35. The van der Waals surface area contributed by atoms with Crippen LogP contribution in [0.3, 0.4) is 0 Å². The van der Waals surface area contributed by atoms with E-state index in [1.807, 2.05) is 32.0 Å². The van der Waals surface area contributed by atoms with Crippen molar-refractivity contribution in [2.45, 2.75) is 20.3 Å². The van der Waals surface area contributed by atoms with Crippen molar-refractivity contribution in [2.24, 2.45) is 5.92 Å². The van der Waals surface area contributed by atoms with Crippen LogP contribution in [0, 0.1) is 19.8 Å². The molecular weight excluding hydrogens is 382 g/mol. The van der Waals surface area contributed by atoms with Crippen LogP contribution in [-0.4, -0.2) is 49.9 Å². The fraction of sp³-hybridized carbons (Fsp3) is 0.348. The average molecular weight is 409 g/mol. The first-order valence-corrected chi connectivity index (χ1v) is 9.85. The van der Waals surface area contributed by atoms with Gasteiger partial charge < -0.3 is 19.9 Å². The number of aryl methyl sites for hydroxylation is 1. The van der Waals surface area contributed by atoms with Crippen molar-refractivity contribution in [1.29, 1.82) is 0 Å². The maximum atomic E-state index is 12.8. The molecule has 1 N–H and O–H groups in total. The van der Waals surface area contributed by atoms with Crippen molar-refractivity contribution in [3.05, 3.63) is 53.6 Å². The second-order valence-electron chi connectivity index (χ2n) is 7.60. The predicted octanol–water partition coefficient (Wildman–Crippen LogP) is 2.76. The Morgan fingerprint density at radius 1 is 1.17 bits per heavy atom. The van der Waals surface area contributed by atoms with Gasteiger partial charge in [-0.25, -0.2) is 0 Å². The van der Waals surface area contributed by atoms with E-state index in [1.54, 1.807) is 43.3 Å². The molecule has 0 aliphatic carbocycles. The summed E-state index contributed by atoms with van der Waals surface area (Å²) in [6, 6.07) is 12.8. The molecule has 1 aliphatic rings. The molecule has 158 valence electrons. The smallest absolute Gasteiger partial charge is 0.243 e. The third-order valence-corrected chi connectivity index (χ3v) is 5.47. The second kappa shape index (κ2) is 8.98. The number of benzene rings is 2. The number of likely N-dealkylation sites (N-methyl/N-ethyl adjacent to an activating group) is 1. The third kappa shape index (κ3) is 4.62. The fourth-order valence-electron chi connectivity index (χ4n) is 3.61. The normalized spacial score (nSPS) is 15.8. The summed E-state index contributed by atoms with van der Waals surface area (Å²) in [6.45, 7) is 4.21. The molecular formula is C23H27N3O4. The lowest BCUT2D eigenvalue weighted by molar-refractivity contribution is -0.137. The minimum atomic E-state index is -0.462. The van der Waals surface area contributed by atoms with Gasteiger partial charge in [-0.3, -0.25) is 14.4 Å². The van der Waals surface area contributed by atoms with E-state index in [0.717, 1.165) is 16.8 Å². The molecule has 1 fully saturated rings. The zero-order valence-corrected chi connectivity index (χ0v) is 17.8. The monoisotopic (exact) mass is 409 g/mol. The molecule has 1 unspecified atom stereocenters. The van der Waals surface area contributed by atoms with Crippen LogP contribution in [-0.2, 0) is 14.4 Å². The molecule has 1 saturated heterocycles. The lowest BCUT2D eigenvalue weighted by Crippen LogP contribution is -2.39. The van der Waals surface area contributed by atoms with Crippen molar-refractivity contribution in [1.82, 2.24) is 4.90 Å². The minimum Gasteiger partial charge on any atom is -0.497 e. The van der Waals surface area contributed by atoms with Gasteiger partial charge >= 0.3 is 0 Å². The summed E-state index contributed by atoms with van der Waals surface area (Å²) in [5, 5.41) is 2.76. The lowest BCUT2D eigenvalue weighted by atomic mass is 10.1. The molecule has 7 nitrogen and oxygen atoms in total. The van der Waals surface area contributed by atoms with Crippen LogP contribution < -0.4 is 15.0 Å². The van der Waals surface area contributed by atoms with Crippen LogP contribution in [0.25, 0.3) is 0 Å². The Bertz CT molecular complexity index is 955. The van der Waals surface area contributed by atoms with E-state index in [4.69, 9.17) is 4.74 Å². The molecule has 1 aliphatic heterocycles. The van der Waals surface area contributed by atoms with Gasteiger partial charge in [0.2, 0.25) is 17.7 Å². The highest BCUT2D eigenvalue weighted by Gasteiger charge is 2.37. The zero-order chi connectivity index (χ0) is 21.8. The Morgan fingerprint density at radius 3 is 2.53 bits per heavy atom. The van der Waals surface area contributed by atoms with Gasteiger partial charge in [0.15, 0.2) is 0 Å². The molecule has 0 bridgehead atoms. The molecule has 2 aromatic carbocycles. The molecule has 30 heavy (non-hydrogen) atoms. The van der Waals surface area contributed by atoms with Gasteiger partial charge in [-0.15, -0.1) is 0 Å². The molecule has 3 rings (SSSR count). The van der Waals surface area contributed by atoms with E-state index in [1.165, 1.54) is 4.90 Å². The third-order valence-electron chi connectivity index (χ3n) is 5.47. The molecule has 3 amide bonds. The number of carbonyl (C=O) groups excluding carboxylic acids is 3. The van der Waals surface area contributed by atoms with Gasteiger partial charge in [-0.2, -0.15) is 0 Å². The molecule has 0 spiro atoms. The van der Waals surface area contributed by atoms with Crippen molar-refractivity contribution in [2.75, 3.05) is 37.5 Å². The number of nitrogens with zero attached hydrogens (tertiary/aromatic N) is 2. The van der Waals surface area contributed by atoms with Gasteiger partial charge in [0.05, 0.1) is 19.6 Å². The van der Waals surface area contributed by atoms with E-state index in [2.05, 4.69) is 5.32 Å². The maximum absolute atomic E-state index is 12.8. The Morgan fingerprint density at radius 2 is 1.87 bits per heavy atom. The number of amides is 3. The van der Waals surface area contributed by atoms with E-state index >= 15 is 0 Å². The Balaban J connectivity index is 1.59. The second-order valence-corrected chi connectivity index (χ2v) is 7.60. The van der Waals surface area contributed by atoms with E-state index in [-0.39, 0.29) is 30.7 Å². The first-order valence-electron chi connectivity index (χ1n) is 9.85. The molecule has 0 aromatic heterocycles. The van der Waals surface area contributed by atoms with Gasteiger partial charge in [-0.1, -0.05) is 12.1 Å². The van der Waals surface area contributed by atoms with Crippen LogP contribution in [0.5, 0.6) is 5.75 Å². The Kier molecular flexibility index (Phi) is 6.40. The van der Waals surface area contributed by atoms with Crippen LogP contribution in [0.15, 0.2) is 42.5 Å². The predicted molar refractivity (Wildman–Crippen MR) is 116 cm³/mol. The summed E-state index contributed by atoms with van der Waals surface area (Å²) in [6.07, 6.45) is 0.149. The molecule has 0 radical (unpaired) electrons.